The lowest BCUT2D eigenvalue weighted by Gasteiger charge is -2.09. The molecule has 2 aromatic carbocycles. The molecule has 0 aliphatic carbocycles. The fourth-order valence-electron chi connectivity index (χ4n) is 2.36. The van der Waals surface area contributed by atoms with Gasteiger partial charge in [0, 0.05) is 5.02 Å². The number of thioether (sulfide) groups is 1. The molecular weight excluding hydrogens is 407 g/mol. The predicted molar refractivity (Wildman–Crippen MR) is 111 cm³/mol. The lowest BCUT2D eigenvalue weighted by atomic mass is 10.2. The smallest absolute Gasteiger partial charge is 0.264 e. The summed E-state index contributed by atoms with van der Waals surface area (Å²) in [5.74, 6) is 1.04. The standard InChI is InChI=1S/C19H16Cl2N2O3S/c1-3-26-15-7-4-11(8-16(15)25-2)9-17-18(24)23-19(27-17)22-14-6-5-12(20)10-13(14)21/h4-10H,3H2,1-2H3,(H,22,23,24)/b17-9-. The Bertz CT molecular complexity index is 945. The summed E-state index contributed by atoms with van der Waals surface area (Å²) >= 11 is 13.3. The number of nitrogens with zero attached hydrogens (tertiary/aromatic N) is 1. The highest BCUT2D eigenvalue weighted by atomic mass is 35.5. The number of benzene rings is 2. The van der Waals surface area contributed by atoms with Gasteiger partial charge < -0.3 is 14.8 Å². The van der Waals surface area contributed by atoms with Gasteiger partial charge >= 0.3 is 0 Å². The van der Waals surface area contributed by atoms with Crippen LogP contribution in [-0.4, -0.2) is 24.8 Å². The first-order valence-electron chi connectivity index (χ1n) is 8.05. The molecule has 0 atom stereocenters. The van der Waals surface area contributed by atoms with E-state index in [9.17, 15) is 4.79 Å². The lowest BCUT2D eigenvalue weighted by Crippen LogP contribution is -2.19. The van der Waals surface area contributed by atoms with Gasteiger partial charge in [-0.2, -0.15) is 0 Å². The van der Waals surface area contributed by atoms with Gasteiger partial charge in [0.05, 0.1) is 29.3 Å². The molecular formula is C19H16Cl2N2O3S. The number of methoxy groups -OCH3 is 1. The normalized spacial score (nSPS) is 16.7. The Balaban J connectivity index is 1.84. The minimum absolute atomic E-state index is 0.225. The van der Waals surface area contributed by atoms with Crippen molar-refractivity contribution in [3.8, 4) is 11.5 Å². The minimum Gasteiger partial charge on any atom is -0.493 e. The number of halogens is 2. The second-order valence-corrected chi connectivity index (χ2v) is 7.30. The van der Waals surface area contributed by atoms with Gasteiger partial charge in [0.2, 0.25) is 0 Å². The molecule has 140 valence electrons. The zero-order chi connectivity index (χ0) is 19.4. The molecule has 0 bridgehead atoms. The number of amidine groups is 1. The third-order valence-electron chi connectivity index (χ3n) is 3.57. The average molecular weight is 423 g/mol. The van der Waals surface area contributed by atoms with E-state index in [-0.39, 0.29) is 5.91 Å². The van der Waals surface area contributed by atoms with Crippen molar-refractivity contribution in [1.29, 1.82) is 0 Å². The quantitative estimate of drug-likeness (QED) is 0.664. The van der Waals surface area contributed by atoms with Crippen molar-refractivity contribution in [3.63, 3.8) is 0 Å². The van der Waals surface area contributed by atoms with E-state index in [4.69, 9.17) is 32.7 Å². The van der Waals surface area contributed by atoms with Crippen molar-refractivity contribution >= 4 is 57.8 Å². The van der Waals surface area contributed by atoms with E-state index >= 15 is 0 Å². The molecule has 1 amide bonds. The summed E-state index contributed by atoms with van der Waals surface area (Å²) in [4.78, 5) is 17.2. The molecule has 3 rings (SSSR count). The van der Waals surface area contributed by atoms with Crippen molar-refractivity contribution in [2.45, 2.75) is 6.92 Å². The Labute approximate surface area is 171 Å². The van der Waals surface area contributed by atoms with E-state index in [2.05, 4.69) is 10.3 Å². The fraction of sp³-hybridized carbons (Fsp3) is 0.158. The number of hydrogen-bond acceptors (Lipinski definition) is 5. The van der Waals surface area contributed by atoms with Crippen LogP contribution in [0.1, 0.15) is 12.5 Å². The summed E-state index contributed by atoms with van der Waals surface area (Å²) in [5, 5.41) is 4.13. The van der Waals surface area contributed by atoms with Crippen molar-refractivity contribution in [2.75, 3.05) is 13.7 Å². The van der Waals surface area contributed by atoms with E-state index in [1.54, 1.807) is 31.4 Å². The summed E-state index contributed by atoms with van der Waals surface area (Å²) in [7, 11) is 1.58. The van der Waals surface area contributed by atoms with Gasteiger partial charge in [-0.1, -0.05) is 29.3 Å². The molecule has 1 saturated heterocycles. The highest BCUT2D eigenvalue weighted by Crippen LogP contribution is 2.34. The molecule has 1 fully saturated rings. The van der Waals surface area contributed by atoms with Crippen molar-refractivity contribution in [3.05, 3.63) is 56.9 Å². The van der Waals surface area contributed by atoms with Crippen LogP contribution in [0.3, 0.4) is 0 Å². The number of aliphatic imine (C=N–C) groups is 1. The van der Waals surface area contributed by atoms with E-state index in [0.717, 1.165) is 5.56 Å². The predicted octanol–water partition coefficient (Wildman–Crippen LogP) is 5.29. The number of amides is 1. The first-order valence-corrected chi connectivity index (χ1v) is 9.63. The molecule has 0 radical (unpaired) electrons. The molecule has 2 aromatic rings. The highest BCUT2D eigenvalue weighted by molar-refractivity contribution is 8.18. The monoisotopic (exact) mass is 422 g/mol. The maximum absolute atomic E-state index is 12.3. The third kappa shape index (κ3) is 4.77. The number of rotatable bonds is 5. The van der Waals surface area contributed by atoms with Crippen LogP contribution in [-0.2, 0) is 4.79 Å². The lowest BCUT2D eigenvalue weighted by molar-refractivity contribution is -0.115. The SMILES string of the molecule is CCOc1ccc(/C=C2\SC(=Nc3ccc(Cl)cc3Cl)NC2=O)cc1OC. The van der Waals surface area contributed by atoms with Gasteiger partial charge in [0.15, 0.2) is 16.7 Å². The first kappa shape index (κ1) is 19.6. The molecule has 0 spiro atoms. The summed E-state index contributed by atoms with van der Waals surface area (Å²) in [6, 6.07) is 10.5. The van der Waals surface area contributed by atoms with Gasteiger partial charge in [-0.3, -0.25) is 4.79 Å². The van der Waals surface area contributed by atoms with Crippen LogP contribution in [0.5, 0.6) is 11.5 Å². The first-order chi connectivity index (χ1) is 13.0. The summed E-state index contributed by atoms with van der Waals surface area (Å²) in [6.07, 6.45) is 1.77. The highest BCUT2D eigenvalue weighted by Gasteiger charge is 2.24. The van der Waals surface area contributed by atoms with Crippen LogP contribution in [0.25, 0.3) is 6.08 Å². The Hall–Kier alpha value is -2.15. The van der Waals surface area contributed by atoms with Gasteiger partial charge in [-0.05, 0) is 60.7 Å². The number of hydrogen-bond donors (Lipinski definition) is 1. The number of ether oxygens (including phenoxy) is 2. The number of nitrogens with one attached hydrogen (secondary N) is 1. The van der Waals surface area contributed by atoms with Crippen LogP contribution < -0.4 is 14.8 Å². The Morgan fingerprint density at radius 2 is 2.00 bits per heavy atom. The maximum atomic E-state index is 12.3. The Morgan fingerprint density at radius 3 is 2.70 bits per heavy atom. The largest absolute Gasteiger partial charge is 0.493 e. The van der Waals surface area contributed by atoms with E-state index in [0.29, 0.717) is 43.9 Å². The van der Waals surface area contributed by atoms with Crippen molar-refractivity contribution < 1.29 is 14.3 Å². The van der Waals surface area contributed by atoms with Crippen molar-refractivity contribution in [1.82, 2.24) is 5.32 Å². The van der Waals surface area contributed by atoms with E-state index in [1.165, 1.54) is 11.8 Å². The molecule has 1 aliphatic heterocycles. The van der Waals surface area contributed by atoms with E-state index < -0.39 is 0 Å². The minimum atomic E-state index is -0.225. The maximum Gasteiger partial charge on any atom is 0.264 e. The average Bonchev–Trinajstić information content (AvgIpc) is 2.98. The zero-order valence-electron chi connectivity index (χ0n) is 14.6. The molecule has 1 heterocycles. The Morgan fingerprint density at radius 1 is 1.19 bits per heavy atom. The molecule has 0 unspecified atom stereocenters. The van der Waals surface area contributed by atoms with Crippen LogP contribution in [0.4, 0.5) is 5.69 Å². The fourth-order valence-corrected chi connectivity index (χ4v) is 3.65. The Kier molecular flexibility index (Phi) is 6.31. The van der Waals surface area contributed by atoms with Crippen molar-refractivity contribution in [2.24, 2.45) is 4.99 Å². The molecule has 5 nitrogen and oxygen atoms in total. The van der Waals surface area contributed by atoms with Crippen LogP contribution in [0.2, 0.25) is 10.0 Å². The molecule has 27 heavy (non-hydrogen) atoms. The summed E-state index contributed by atoms with van der Waals surface area (Å²) in [6.45, 7) is 2.45. The molecule has 1 aliphatic rings. The zero-order valence-corrected chi connectivity index (χ0v) is 16.9. The molecule has 0 aromatic heterocycles. The molecule has 0 saturated carbocycles. The summed E-state index contributed by atoms with van der Waals surface area (Å²) in [5.41, 5.74) is 1.35. The number of carbonyl (C=O) groups is 1. The van der Waals surface area contributed by atoms with Crippen LogP contribution in [0.15, 0.2) is 46.3 Å². The molecule has 8 heteroatoms. The third-order valence-corrected chi connectivity index (χ3v) is 5.02. The van der Waals surface area contributed by atoms with Gasteiger partial charge in [0.25, 0.3) is 5.91 Å². The second kappa shape index (κ2) is 8.69. The van der Waals surface area contributed by atoms with Gasteiger partial charge in [0.1, 0.15) is 0 Å². The number of carbonyl (C=O) groups excluding carboxylic acids is 1. The second-order valence-electron chi connectivity index (χ2n) is 5.42. The van der Waals surface area contributed by atoms with Crippen LogP contribution in [0, 0.1) is 0 Å². The van der Waals surface area contributed by atoms with E-state index in [1.807, 2.05) is 25.1 Å². The van der Waals surface area contributed by atoms with Gasteiger partial charge in [-0.25, -0.2) is 4.99 Å². The summed E-state index contributed by atoms with van der Waals surface area (Å²) < 4.78 is 10.8. The van der Waals surface area contributed by atoms with Gasteiger partial charge in [-0.15, -0.1) is 0 Å². The van der Waals surface area contributed by atoms with Crippen LogP contribution >= 0.6 is 35.0 Å². The topological polar surface area (TPSA) is 59.9 Å². The molecule has 1 N–H and O–H groups in total.